The largest absolute Gasteiger partial charge is 0.371 e. The molecule has 0 amide bonds. The molecule has 1 heterocycles. The summed E-state index contributed by atoms with van der Waals surface area (Å²) in [6, 6.07) is 17.0. The van der Waals surface area contributed by atoms with Crippen molar-refractivity contribution in [3.05, 3.63) is 48.5 Å². The molecule has 0 radical (unpaired) electrons. The molecule has 1 fully saturated rings. The van der Waals surface area contributed by atoms with Gasteiger partial charge in [0.15, 0.2) is 0 Å². The second-order valence-electron chi connectivity index (χ2n) is 4.76. The maximum Gasteiger partial charge on any atom is 0.0502 e. The van der Waals surface area contributed by atoms with Gasteiger partial charge in [-0.15, -0.1) is 12.6 Å². The highest BCUT2D eigenvalue weighted by Gasteiger charge is 2.14. The van der Waals surface area contributed by atoms with Crippen LogP contribution < -0.4 is 4.90 Å². The minimum absolute atomic E-state index is 1.08. The Bertz CT molecular complexity index is 530. The van der Waals surface area contributed by atoms with E-state index in [1.807, 2.05) is 6.07 Å². The van der Waals surface area contributed by atoms with Gasteiger partial charge in [-0.1, -0.05) is 36.4 Å². The number of thiol groups is 1. The van der Waals surface area contributed by atoms with Gasteiger partial charge >= 0.3 is 0 Å². The normalized spacial score (nSPS) is 15.1. The van der Waals surface area contributed by atoms with E-state index in [9.17, 15) is 0 Å². The van der Waals surface area contributed by atoms with E-state index < -0.39 is 0 Å². The van der Waals surface area contributed by atoms with Gasteiger partial charge in [-0.3, -0.25) is 0 Å². The highest BCUT2D eigenvalue weighted by molar-refractivity contribution is 7.80. The van der Waals surface area contributed by atoms with Crippen LogP contribution >= 0.6 is 12.6 Å². The molecule has 18 heavy (non-hydrogen) atoms. The number of benzene rings is 2. The minimum atomic E-state index is 1.08. The number of hydrogen-bond acceptors (Lipinski definition) is 2. The third kappa shape index (κ3) is 2.25. The quantitative estimate of drug-likeness (QED) is 0.785. The van der Waals surface area contributed by atoms with Crippen molar-refractivity contribution in [1.82, 2.24) is 0 Å². The zero-order chi connectivity index (χ0) is 12.4. The Morgan fingerprint density at radius 2 is 1.56 bits per heavy atom. The van der Waals surface area contributed by atoms with Gasteiger partial charge in [0.2, 0.25) is 0 Å². The first-order valence-electron chi connectivity index (χ1n) is 6.48. The van der Waals surface area contributed by atoms with Crippen LogP contribution in [0.25, 0.3) is 11.1 Å². The fourth-order valence-corrected chi connectivity index (χ4v) is 2.91. The number of nitrogens with zero attached hydrogens (tertiary/aromatic N) is 1. The zero-order valence-electron chi connectivity index (χ0n) is 10.3. The van der Waals surface area contributed by atoms with Crippen molar-refractivity contribution >= 4 is 18.3 Å². The van der Waals surface area contributed by atoms with Crippen molar-refractivity contribution in [2.24, 2.45) is 0 Å². The van der Waals surface area contributed by atoms with E-state index in [1.54, 1.807) is 0 Å². The first-order chi connectivity index (χ1) is 8.84. The first-order valence-corrected chi connectivity index (χ1v) is 6.93. The molecule has 1 aliphatic heterocycles. The topological polar surface area (TPSA) is 3.24 Å². The standard InChI is InChI=1S/C16H17NS/c18-16-12-14(13-6-2-1-3-7-13)8-9-15(16)17-10-4-5-11-17/h1-3,6-9,12,18H,4-5,10-11H2. The average molecular weight is 255 g/mol. The van der Waals surface area contributed by atoms with E-state index >= 15 is 0 Å². The molecule has 0 spiro atoms. The van der Waals surface area contributed by atoms with Crippen molar-refractivity contribution in [3.63, 3.8) is 0 Å². The van der Waals surface area contributed by atoms with Gasteiger partial charge in [-0.2, -0.15) is 0 Å². The van der Waals surface area contributed by atoms with E-state index in [0.717, 1.165) is 18.0 Å². The lowest BCUT2D eigenvalue weighted by Crippen LogP contribution is -2.17. The summed E-state index contributed by atoms with van der Waals surface area (Å²) in [5.74, 6) is 0. The van der Waals surface area contributed by atoms with Crippen LogP contribution in [0.5, 0.6) is 0 Å². The molecule has 3 rings (SSSR count). The molecular formula is C16H17NS. The third-order valence-electron chi connectivity index (χ3n) is 3.53. The fourth-order valence-electron chi connectivity index (χ4n) is 2.56. The summed E-state index contributed by atoms with van der Waals surface area (Å²) >= 11 is 4.65. The Hall–Kier alpha value is -1.41. The molecule has 0 aromatic heterocycles. The molecule has 2 aromatic rings. The van der Waals surface area contributed by atoms with Crippen LogP contribution in [0.1, 0.15) is 12.8 Å². The summed E-state index contributed by atoms with van der Waals surface area (Å²) in [7, 11) is 0. The van der Waals surface area contributed by atoms with Crippen molar-refractivity contribution < 1.29 is 0 Å². The van der Waals surface area contributed by atoms with Gasteiger partial charge in [0.05, 0.1) is 5.69 Å². The summed E-state index contributed by atoms with van der Waals surface area (Å²) in [6.07, 6.45) is 2.60. The van der Waals surface area contributed by atoms with Gasteiger partial charge in [0, 0.05) is 18.0 Å². The van der Waals surface area contributed by atoms with Gasteiger partial charge < -0.3 is 4.90 Å². The average Bonchev–Trinajstić information content (AvgIpc) is 2.93. The number of anilines is 1. The van der Waals surface area contributed by atoms with E-state index in [1.165, 1.54) is 29.7 Å². The van der Waals surface area contributed by atoms with Crippen LogP contribution in [-0.2, 0) is 0 Å². The lowest BCUT2D eigenvalue weighted by Gasteiger charge is -2.20. The van der Waals surface area contributed by atoms with Crippen LogP contribution in [-0.4, -0.2) is 13.1 Å². The summed E-state index contributed by atoms with van der Waals surface area (Å²) < 4.78 is 0. The highest BCUT2D eigenvalue weighted by atomic mass is 32.1. The Morgan fingerprint density at radius 1 is 0.833 bits per heavy atom. The Morgan fingerprint density at radius 3 is 2.22 bits per heavy atom. The molecule has 0 bridgehead atoms. The predicted octanol–water partition coefficient (Wildman–Crippen LogP) is 4.24. The molecule has 92 valence electrons. The predicted molar refractivity (Wildman–Crippen MR) is 80.6 cm³/mol. The van der Waals surface area contributed by atoms with Crippen LogP contribution in [0.15, 0.2) is 53.4 Å². The maximum atomic E-state index is 4.65. The Labute approximate surface area is 114 Å². The fraction of sp³-hybridized carbons (Fsp3) is 0.250. The van der Waals surface area contributed by atoms with Gasteiger partial charge in [-0.25, -0.2) is 0 Å². The molecule has 0 unspecified atom stereocenters. The van der Waals surface area contributed by atoms with Crippen LogP contribution in [0.3, 0.4) is 0 Å². The highest BCUT2D eigenvalue weighted by Crippen LogP contribution is 2.31. The summed E-state index contributed by atoms with van der Waals surface area (Å²) in [6.45, 7) is 2.33. The summed E-state index contributed by atoms with van der Waals surface area (Å²) in [5.41, 5.74) is 3.76. The monoisotopic (exact) mass is 255 g/mol. The number of rotatable bonds is 2. The lowest BCUT2D eigenvalue weighted by molar-refractivity contribution is 0.949. The van der Waals surface area contributed by atoms with Crippen molar-refractivity contribution in [2.75, 3.05) is 18.0 Å². The van der Waals surface area contributed by atoms with E-state index in [2.05, 4.69) is 60.0 Å². The van der Waals surface area contributed by atoms with E-state index in [0.29, 0.717) is 0 Å². The summed E-state index contributed by atoms with van der Waals surface area (Å²) in [5, 5.41) is 0. The molecule has 0 N–H and O–H groups in total. The minimum Gasteiger partial charge on any atom is -0.371 e. The second kappa shape index (κ2) is 5.07. The molecule has 2 aromatic carbocycles. The lowest BCUT2D eigenvalue weighted by atomic mass is 10.1. The van der Waals surface area contributed by atoms with Crippen LogP contribution in [0, 0.1) is 0 Å². The molecule has 1 saturated heterocycles. The Kier molecular flexibility index (Phi) is 3.28. The van der Waals surface area contributed by atoms with E-state index in [4.69, 9.17) is 0 Å². The maximum absolute atomic E-state index is 4.65. The van der Waals surface area contributed by atoms with Crippen molar-refractivity contribution in [2.45, 2.75) is 17.7 Å². The summed E-state index contributed by atoms with van der Waals surface area (Å²) in [4.78, 5) is 3.51. The van der Waals surface area contributed by atoms with Gasteiger partial charge in [0.1, 0.15) is 0 Å². The molecule has 0 atom stereocenters. The van der Waals surface area contributed by atoms with Crippen molar-refractivity contribution in [3.8, 4) is 11.1 Å². The second-order valence-corrected chi connectivity index (χ2v) is 5.25. The van der Waals surface area contributed by atoms with E-state index in [-0.39, 0.29) is 0 Å². The van der Waals surface area contributed by atoms with Crippen LogP contribution in [0.4, 0.5) is 5.69 Å². The molecule has 1 aliphatic rings. The first kappa shape index (κ1) is 11.7. The molecule has 2 heteroatoms. The molecule has 1 nitrogen and oxygen atoms in total. The molecule has 0 aliphatic carbocycles. The van der Waals surface area contributed by atoms with Gasteiger partial charge in [-0.05, 0) is 36.1 Å². The molecular weight excluding hydrogens is 238 g/mol. The Balaban J connectivity index is 1.94. The van der Waals surface area contributed by atoms with Crippen LogP contribution in [0.2, 0.25) is 0 Å². The van der Waals surface area contributed by atoms with Gasteiger partial charge in [0.25, 0.3) is 0 Å². The smallest absolute Gasteiger partial charge is 0.0502 e. The zero-order valence-corrected chi connectivity index (χ0v) is 11.2. The number of hydrogen-bond donors (Lipinski definition) is 1. The SMILES string of the molecule is Sc1cc(-c2ccccc2)ccc1N1CCCC1. The van der Waals surface area contributed by atoms with Crippen molar-refractivity contribution in [1.29, 1.82) is 0 Å². The third-order valence-corrected chi connectivity index (χ3v) is 3.89. The molecule has 0 saturated carbocycles.